The summed E-state index contributed by atoms with van der Waals surface area (Å²) in [5.74, 6) is 0.841. The molecule has 0 aliphatic heterocycles. The molecule has 0 saturated heterocycles. The molecule has 48 heavy (non-hydrogen) atoms. The van der Waals surface area contributed by atoms with Gasteiger partial charge < -0.3 is 4.42 Å². The number of furan rings is 1. The van der Waals surface area contributed by atoms with Gasteiger partial charge in [-0.3, -0.25) is 4.57 Å². The molecule has 0 aliphatic carbocycles. The average Bonchev–Trinajstić information content (AvgIpc) is 3.72. The first kappa shape index (κ1) is 26.7. The second-order valence-corrected chi connectivity index (χ2v) is 12.2. The highest BCUT2D eigenvalue weighted by molar-refractivity contribution is 6.35. The van der Waals surface area contributed by atoms with Gasteiger partial charge in [-0.05, 0) is 52.9 Å². The van der Waals surface area contributed by atoms with Gasteiger partial charge >= 0.3 is 0 Å². The molecule has 0 bridgehead atoms. The molecule has 0 aliphatic rings. The summed E-state index contributed by atoms with van der Waals surface area (Å²) in [6, 6.07) is 54.9. The lowest BCUT2D eigenvalue weighted by molar-refractivity contribution is 0.673. The molecule has 0 N–H and O–H groups in total. The van der Waals surface area contributed by atoms with Gasteiger partial charge in [0.1, 0.15) is 17.0 Å². The minimum atomic E-state index is 0.841. The van der Waals surface area contributed by atoms with E-state index in [1.165, 1.54) is 10.8 Å². The van der Waals surface area contributed by atoms with Gasteiger partial charge in [-0.1, -0.05) is 121 Å². The van der Waals surface area contributed by atoms with Gasteiger partial charge in [0.15, 0.2) is 0 Å². The maximum absolute atomic E-state index is 6.66. The van der Waals surface area contributed by atoms with Gasteiger partial charge in [-0.15, -0.1) is 0 Å². The van der Waals surface area contributed by atoms with Crippen LogP contribution in [0.2, 0.25) is 0 Å². The minimum absolute atomic E-state index is 0.841. The molecule has 0 atom stereocenters. The number of para-hydroxylation sites is 2. The van der Waals surface area contributed by atoms with Crippen molar-refractivity contribution in [3.05, 3.63) is 164 Å². The highest BCUT2D eigenvalue weighted by Crippen LogP contribution is 2.45. The Labute approximate surface area is 276 Å². The molecule has 4 nitrogen and oxygen atoms in total. The molecule has 0 amide bonds. The van der Waals surface area contributed by atoms with Crippen LogP contribution in [0.3, 0.4) is 0 Å². The summed E-state index contributed by atoms with van der Waals surface area (Å²) in [7, 11) is 0. The van der Waals surface area contributed by atoms with E-state index in [0.29, 0.717) is 0 Å². The molecule has 0 saturated carbocycles. The van der Waals surface area contributed by atoms with E-state index in [9.17, 15) is 0 Å². The summed E-state index contributed by atoms with van der Waals surface area (Å²) in [6.45, 7) is 0. The first-order valence-corrected chi connectivity index (χ1v) is 16.2. The first-order chi connectivity index (χ1) is 23.8. The zero-order valence-corrected chi connectivity index (χ0v) is 25.8. The third kappa shape index (κ3) is 4.03. The van der Waals surface area contributed by atoms with Crippen molar-refractivity contribution in [2.24, 2.45) is 0 Å². The van der Waals surface area contributed by atoms with Crippen LogP contribution < -0.4 is 0 Å². The van der Waals surface area contributed by atoms with E-state index in [-0.39, 0.29) is 0 Å². The quantitative estimate of drug-likeness (QED) is 0.198. The Morgan fingerprint density at radius 3 is 1.83 bits per heavy atom. The Kier molecular flexibility index (Phi) is 5.84. The van der Waals surface area contributed by atoms with Crippen molar-refractivity contribution in [1.29, 1.82) is 0 Å². The van der Waals surface area contributed by atoms with Gasteiger partial charge in [0.05, 0.1) is 27.8 Å². The van der Waals surface area contributed by atoms with Crippen LogP contribution in [0.5, 0.6) is 0 Å². The van der Waals surface area contributed by atoms with Crippen molar-refractivity contribution in [3.63, 3.8) is 0 Å². The number of pyridine rings is 2. The molecule has 0 unspecified atom stereocenters. The maximum Gasteiger partial charge on any atom is 0.146 e. The lowest BCUT2D eigenvalue weighted by atomic mass is 9.99. The first-order valence-electron chi connectivity index (χ1n) is 16.2. The molecule has 10 rings (SSSR count). The second kappa shape index (κ2) is 10.5. The number of aromatic nitrogens is 3. The number of fused-ring (bicyclic) bond motifs is 10. The summed E-state index contributed by atoms with van der Waals surface area (Å²) in [6.07, 6.45) is 1.95. The van der Waals surface area contributed by atoms with Gasteiger partial charge in [0.2, 0.25) is 0 Å². The van der Waals surface area contributed by atoms with Crippen molar-refractivity contribution in [2.45, 2.75) is 0 Å². The van der Waals surface area contributed by atoms with Crippen LogP contribution in [0.25, 0.3) is 94.0 Å². The Hall–Kier alpha value is -6.52. The van der Waals surface area contributed by atoms with Crippen LogP contribution in [-0.2, 0) is 0 Å². The monoisotopic (exact) mass is 613 g/mol. The molecule has 224 valence electrons. The Bertz CT molecular complexity index is 2760. The average molecular weight is 614 g/mol. The number of nitrogens with zero attached hydrogens (tertiary/aromatic N) is 3. The number of hydrogen-bond acceptors (Lipinski definition) is 3. The Morgan fingerprint density at radius 2 is 1.08 bits per heavy atom. The molecule has 0 spiro atoms. The highest BCUT2D eigenvalue weighted by atomic mass is 16.3. The predicted octanol–water partition coefficient (Wildman–Crippen LogP) is 11.6. The van der Waals surface area contributed by atoms with Gasteiger partial charge in [0, 0.05) is 38.9 Å². The second-order valence-electron chi connectivity index (χ2n) is 12.2. The largest absolute Gasteiger partial charge is 0.455 e. The van der Waals surface area contributed by atoms with Crippen molar-refractivity contribution in [1.82, 2.24) is 14.5 Å². The molecule has 10 aromatic rings. The lowest BCUT2D eigenvalue weighted by Gasteiger charge is -2.12. The smallest absolute Gasteiger partial charge is 0.146 e. The van der Waals surface area contributed by atoms with E-state index >= 15 is 0 Å². The van der Waals surface area contributed by atoms with Gasteiger partial charge in [-0.2, -0.15) is 0 Å². The van der Waals surface area contributed by atoms with Crippen LogP contribution >= 0.6 is 0 Å². The molecule has 6 aromatic carbocycles. The van der Waals surface area contributed by atoms with E-state index in [0.717, 1.165) is 83.2 Å². The molecular formula is C44H27N3O. The summed E-state index contributed by atoms with van der Waals surface area (Å²) in [5, 5.41) is 6.85. The minimum Gasteiger partial charge on any atom is -0.455 e. The summed E-state index contributed by atoms with van der Waals surface area (Å²) in [5.41, 5.74) is 10.1. The maximum atomic E-state index is 6.66. The Balaban J connectivity index is 1.21. The van der Waals surface area contributed by atoms with E-state index < -0.39 is 0 Å². The van der Waals surface area contributed by atoms with Crippen LogP contribution in [0.15, 0.2) is 168 Å². The van der Waals surface area contributed by atoms with Crippen molar-refractivity contribution in [3.8, 4) is 39.5 Å². The van der Waals surface area contributed by atoms with Gasteiger partial charge in [-0.25, -0.2) is 9.97 Å². The van der Waals surface area contributed by atoms with Crippen molar-refractivity contribution < 1.29 is 4.42 Å². The molecule has 4 heteroatoms. The topological polar surface area (TPSA) is 43.9 Å². The molecular weight excluding hydrogens is 587 g/mol. The van der Waals surface area contributed by atoms with E-state index in [4.69, 9.17) is 14.4 Å². The highest BCUT2D eigenvalue weighted by Gasteiger charge is 2.23. The molecule has 0 radical (unpaired) electrons. The predicted molar refractivity (Wildman–Crippen MR) is 197 cm³/mol. The summed E-state index contributed by atoms with van der Waals surface area (Å²) in [4.78, 5) is 10.3. The lowest BCUT2D eigenvalue weighted by Crippen LogP contribution is -1.98. The van der Waals surface area contributed by atoms with Crippen LogP contribution in [-0.4, -0.2) is 14.5 Å². The summed E-state index contributed by atoms with van der Waals surface area (Å²) >= 11 is 0. The number of benzene rings is 6. The molecule has 4 heterocycles. The Morgan fingerprint density at radius 1 is 0.458 bits per heavy atom. The van der Waals surface area contributed by atoms with Gasteiger partial charge in [0.25, 0.3) is 0 Å². The van der Waals surface area contributed by atoms with Crippen LogP contribution in [0, 0.1) is 0 Å². The van der Waals surface area contributed by atoms with E-state index in [1.54, 1.807) is 0 Å². The number of rotatable bonds is 4. The van der Waals surface area contributed by atoms with Crippen LogP contribution in [0.1, 0.15) is 0 Å². The van der Waals surface area contributed by atoms with E-state index in [1.807, 2.05) is 24.4 Å². The van der Waals surface area contributed by atoms with Crippen molar-refractivity contribution >= 4 is 54.5 Å². The molecule has 4 aromatic heterocycles. The fourth-order valence-electron chi connectivity index (χ4n) is 7.26. The molecule has 0 fully saturated rings. The van der Waals surface area contributed by atoms with Crippen LogP contribution in [0.4, 0.5) is 0 Å². The van der Waals surface area contributed by atoms with E-state index in [2.05, 4.69) is 144 Å². The zero-order valence-electron chi connectivity index (χ0n) is 25.8. The fraction of sp³-hybridized carbons (Fsp3) is 0. The normalized spacial score (nSPS) is 11.8. The van der Waals surface area contributed by atoms with Crippen molar-refractivity contribution in [2.75, 3.05) is 0 Å². The fourth-order valence-corrected chi connectivity index (χ4v) is 7.26. The third-order valence-corrected chi connectivity index (χ3v) is 9.42. The zero-order chi connectivity index (χ0) is 31.6. The standard InChI is InChI=1S/C44H27N3O/c1-3-13-28(14-4-1)31-25-36(29-15-5-2-6-16-29)46-37(26-31)30-23-24-40(45-27-30)47-38-21-11-9-19-34(38)42-43(47)33-18-8-7-17-32(33)41-35-20-10-12-22-39(35)48-44(41)42/h1-27H. The number of hydrogen-bond donors (Lipinski definition) is 0. The summed E-state index contributed by atoms with van der Waals surface area (Å²) < 4.78 is 8.95. The SMILES string of the molecule is c1ccc(-c2cc(-c3ccccc3)nc(-c3ccc(-n4c5ccccc5c5c6oc7ccccc7c6c6ccccc6c54)nc3)c2)cc1. The third-order valence-electron chi connectivity index (χ3n) is 9.42.